The highest BCUT2D eigenvalue weighted by Crippen LogP contribution is 2.31. The van der Waals surface area contributed by atoms with Crippen molar-refractivity contribution in [3.63, 3.8) is 0 Å². The standard InChI is InChI=1S/C14H14FIN2O2/c1-19-9-3-8(4-10(5-9)20-2)18-14-6-11(15)12(16)7-13(14)17/h3-7,18H,17H2,1-2H3. The van der Waals surface area contributed by atoms with Crippen LogP contribution in [0.3, 0.4) is 0 Å². The lowest BCUT2D eigenvalue weighted by Gasteiger charge is -2.13. The average Bonchev–Trinajstić information content (AvgIpc) is 2.44. The maximum Gasteiger partial charge on any atom is 0.138 e. The molecule has 20 heavy (non-hydrogen) atoms. The van der Waals surface area contributed by atoms with Crippen molar-refractivity contribution in [2.75, 3.05) is 25.3 Å². The minimum atomic E-state index is -0.322. The van der Waals surface area contributed by atoms with Crippen molar-refractivity contribution >= 4 is 39.7 Å². The van der Waals surface area contributed by atoms with Crippen LogP contribution in [0, 0.1) is 9.39 Å². The van der Waals surface area contributed by atoms with Crippen molar-refractivity contribution in [3.05, 3.63) is 39.7 Å². The summed E-state index contributed by atoms with van der Waals surface area (Å²) < 4.78 is 24.4. The Balaban J connectivity index is 2.36. The molecule has 6 heteroatoms. The van der Waals surface area contributed by atoms with Crippen LogP contribution in [0.1, 0.15) is 0 Å². The Bertz CT molecular complexity index is 613. The highest BCUT2D eigenvalue weighted by atomic mass is 127. The summed E-state index contributed by atoms with van der Waals surface area (Å²) in [6.07, 6.45) is 0. The molecule has 2 rings (SSSR count). The van der Waals surface area contributed by atoms with Gasteiger partial charge in [-0.3, -0.25) is 0 Å². The number of nitrogens with two attached hydrogens (primary N) is 1. The summed E-state index contributed by atoms with van der Waals surface area (Å²) in [5.74, 6) is 0.949. The molecule has 0 saturated carbocycles. The number of benzene rings is 2. The van der Waals surface area contributed by atoms with Gasteiger partial charge in [0.15, 0.2) is 0 Å². The van der Waals surface area contributed by atoms with Gasteiger partial charge in [0.05, 0.1) is 29.2 Å². The number of ether oxygens (including phenoxy) is 2. The van der Waals surface area contributed by atoms with E-state index in [9.17, 15) is 4.39 Å². The van der Waals surface area contributed by atoms with Crippen LogP contribution >= 0.6 is 22.6 Å². The second-order valence-electron chi connectivity index (χ2n) is 4.08. The maximum absolute atomic E-state index is 13.6. The summed E-state index contributed by atoms with van der Waals surface area (Å²) in [5, 5.41) is 3.06. The highest BCUT2D eigenvalue weighted by Gasteiger charge is 2.08. The summed E-state index contributed by atoms with van der Waals surface area (Å²) in [7, 11) is 3.13. The zero-order valence-corrected chi connectivity index (χ0v) is 13.2. The van der Waals surface area contributed by atoms with Crippen molar-refractivity contribution in [1.29, 1.82) is 0 Å². The van der Waals surface area contributed by atoms with Crippen molar-refractivity contribution in [2.24, 2.45) is 0 Å². The van der Waals surface area contributed by atoms with E-state index < -0.39 is 0 Å². The Morgan fingerprint density at radius 2 is 1.65 bits per heavy atom. The smallest absolute Gasteiger partial charge is 0.138 e. The number of anilines is 3. The van der Waals surface area contributed by atoms with Gasteiger partial charge in [-0.2, -0.15) is 0 Å². The number of nitrogens with one attached hydrogen (secondary N) is 1. The highest BCUT2D eigenvalue weighted by molar-refractivity contribution is 14.1. The zero-order valence-electron chi connectivity index (χ0n) is 11.0. The molecule has 0 unspecified atom stereocenters. The Morgan fingerprint density at radius 3 is 2.20 bits per heavy atom. The molecule has 2 aromatic carbocycles. The summed E-state index contributed by atoms with van der Waals surface area (Å²) in [4.78, 5) is 0. The summed E-state index contributed by atoms with van der Waals surface area (Å²) in [6.45, 7) is 0. The van der Waals surface area contributed by atoms with Gasteiger partial charge in [0, 0.05) is 30.0 Å². The monoisotopic (exact) mass is 388 g/mol. The number of nitrogen functional groups attached to an aromatic ring is 1. The van der Waals surface area contributed by atoms with Gasteiger partial charge >= 0.3 is 0 Å². The molecule has 0 saturated heterocycles. The third kappa shape index (κ3) is 3.24. The van der Waals surface area contributed by atoms with Gasteiger partial charge in [-0.05, 0) is 28.7 Å². The number of hydrogen-bond donors (Lipinski definition) is 2. The minimum Gasteiger partial charge on any atom is -0.497 e. The molecule has 2 aromatic rings. The fourth-order valence-corrected chi connectivity index (χ4v) is 2.20. The van der Waals surface area contributed by atoms with Crippen LogP contribution in [0.15, 0.2) is 30.3 Å². The molecule has 0 radical (unpaired) electrons. The summed E-state index contributed by atoms with van der Waals surface area (Å²) in [5.41, 5.74) is 7.55. The van der Waals surface area contributed by atoms with E-state index in [-0.39, 0.29) is 5.82 Å². The lowest BCUT2D eigenvalue weighted by atomic mass is 10.2. The van der Waals surface area contributed by atoms with Crippen LogP contribution < -0.4 is 20.5 Å². The number of rotatable bonds is 4. The molecular formula is C14H14FIN2O2. The van der Waals surface area contributed by atoms with Crippen LogP contribution in [0.2, 0.25) is 0 Å². The molecule has 0 aliphatic heterocycles. The van der Waals surface area contributed by atoms with Gasteiger partial charge in [0.2, 0.25) is 0 Å². The minimum absolute atomic E-state index is 0.322. The number of hydrogen-bond acceptors (Lipinski definition) is 4. The van der Waals surface area contributed by atoms with E-state index in [2.05, 4.69) is 5.32 Å². The SMILES string of the molecule is COc1cc(Nc2cc(F)c(I)cc2N)cc(OC)c1. The van der Waals surface area contributed by atoms with E-state index in [1.165, 1.54) is 6.07 Å². The molecule has 0 heterocycles. The molecule has 0 aliphatic rings. The van der Waals surface area contributed by atoms with Crippen LogP contribution in [0.5, 0.6) is 11.5 Å². The lowest BCUT2D eigenvalue weighted by Crippen LogP contribution is -1.99. The normalized spacial score (nSPS) is 10.2. The third-order valence-electron chi connectivity index (χ3n) is 2.72. The predicted octanol–water partition coefficient (Wildman–Crippen LogP) is 3.77. The van der Waals surface area contributed by atoms with Crippen LogP contribution in [0.4, 0.5) is 21.5 Å². The predicted molar refractivity (Wildman–Crippen MR) is 86.4 cm³/mol. The van der Waals surface area contributed by atoms with E-state index in [0.29, 0.717) is 32.1 Å². The molecule has 0 spiro atoms. The second kappa shape index (κ2) is 6.17. The van der Waals surface area contributed by atoms with Crippen LogP contribution in [-0.2, 0) is 0 Å². The maximum atomic E-state index is 13.6. The third-order valence-corrected chi connectivity index (χ3v) is 3.55. The van der Waals surface area contributed by atoms with Crippen molar-refractivity contribution in [3.8, 4) is 11.5 Å². The van der Waals surface area contributed by atoms with Crippen molar-refractivity contribution in [2.45, 2.75) is 0 Å². The lowest BCUT2D eigenvalue weighted by molar-refractivity contribution is 0.395. The molecule has 0 amide bonds. The van der Waals surface area contributed by atoms with E-state index >= 15 is 0 Å². The first-order valence-electron chi connectivity index (χ1n) is 5.78. The molecule has 3 N–H and O–H groups in total. The summed E-state index contributed by atoms with van der Waals surface area (Å²) >= 11 is 1.90. The Hall–Kier alpha value is -1.70. The Kier molecular flexibility index (Phi) is 4.53. The quantitative estimate of drug-likeness (QED) is 0.619. The first kappa shape index (κ1) is 14.7. The number of methoxy groups -OCH3 is 2. The molecule has 4 nitrogen and oxygen atoms in total. The zero-order chi connectivity index (χ0) is 14.7. The molecular weight excluding hydrogens is 374 g/mol. The Labute approximate surface area is 130 Å². The van der Waals surface area contributed by atoms with Crippen molar-refractivity contribution in [1.82, 2.24) is 0 Å². The summed E-state index contributed by atoms with van der Waals surface area (Å²) in [6, 6.07) is 8.25. The fourth-order valence-electron chi connectivity index (χ4n) is 1.71. The van der Waals surface area contributed by atoms with Gasteiger partial charge in [-0.25, -0.2) is 4.39 Å². The second-order valence-corrected chi connectivity index (χ2v) is 5.24. The molecule has 0 fully saturated rings. The van der Waals surface area contributed by atoms with E-state index in [4.69, 9.17) is 15.2 Å². The van der Waals surface area contributed by atoms with E-state index in [0.717, 1.165) is 0 Å². The van der Waals surface area contributed by atoms with Gasteiger partial charge in [-0.1, -0.05) is 0 Å². The number of halogens is 2. The van der Waals surface area contributed by atoms with E-state index in [1.54, 1.807) is 38.5 Å². The van der Waals surface area contributed by atoms with Crippen LogP contribution in [-0.4, -0.2) is 14.2 Å². The average molecular weight is 388 g/mol. The molecule has 0 bridgehead atoms. The van der Waals surface area contributed by atoms with Gasteiger partial charge in [0.1, 0.15) is 17.3 Å². The van der Waals surface area contributed by atoms with E-state index in [1.807, 2.05) is 22.6 Å². The largest absolute Gasteiger partial charge is 0.497 e. The molecule has 0 atom stereocenters. The van der Waals surface area contributed by atoms with Crippen LogP contribution in [0.25, 0.3) is 0 Å². The van der Waals surface area contributed by atoms with Crippen molar-refractivity contribution < 1.29 is 13.9 Å². The molecule has 0 aromatic heterocycles. The first-order chi connectivity index (χ1) is 9.53. The van der Waals surface area contributed by atoms with Gasteiger partial charge in [-0.15, -0.1) is 0 Å². The first-order valence-corrected chi connectivity index (χ1v) is 6.86. The topological polar surface area (TPSA) is 56.5 Å². The van der Waals surface area contributed by atoms with Gasteiger partial charge < -0.3 is 20.5 Å². The fraction of sp³-hybridized carbons (Fsp3) is 0.143. The van der Waals surface area contributed by atoms with Gasteiger partial charge in [0.25, 0.3) is 0 Å². The molecule has 0 aliphatic carbocycles. The molecule has 106 valence electrons. The Morgan fingerprint density at radius 1 is 1.05 bits per heavy atom.